The third-order valence-electron chi connectivity index (χ3n) is 5.03. The molecular weight excluding hydrogens is 348 g/mol. The molecule has 3 heterocycles. The number of nitrogen functional groups attached to an aromatic ring is 1. The maximum atomic E-state index is 12.1. The lowest BCUT2D eigenvalue weighted by Gasteiger charge is -2.33. The van der Waals surface area contributed by atoms with Crippen LogP contribution in [-0.2, 0) is 14.3 Å². The number of aromatic nitrogens is 2. The molecule has 27 heavy (non-hydrogen) atoms. The number of morpholine rings is 1. The molecule has 1 aromatic heterocycles. The molecule has 1 atom stereocenters. The van der Waals surface area contributed by atoms with Crippen LogP contribution in [0.25, 0.3) is 0 Å². The molecule has 150 valence electrons. The molecule has 2 fully saturated rings. The number of hydrogen-bond donors (Lipinski definition) is 2. The van der Waals surface area contributed by atoms with Crippen LogP contribution < -0.4 is 16.0 Å². The molecule has 3 N–H and O–H groups in total. The fraction of sp³-hybridized carbons (Fsp3) is 0.722. The average molecular weight is 378 g/mol. The van der Waals surface area contributed by atoms with Crippen molar-refractivity contribution in [1.82, 2.24) is 14.9 Å². The van der Waals surface area contributed by atoms with Crippen LogP contribution in [-0.4, -0.2) is 79.9 Å². The summed E-state index contributed by atoms with van der Waals surface area (Å²) in [5.74, 6) is 1.06. The van der Waals surface area contributed by atoms with E-state index in [4.69, 9.17) is 15.2 Å². The molecule has 0 aromatic carbocycles. The number of hydrogen-bond acceptors (Lipinski definition) is 9. The van der Waals surface area contributed by atoms with Gasteiger partial charge >= 0.3 is 5.97 Å². The summed E-state index contributed by atoms with van der Waals surface area (Å²) in [6, 6.07) is 0. The zero-order valence-corrected chi connectivity index (χ0v) is 16.0. The van der Waals surface area contributed by atoms with Crippen molar-refractivity contribution in [3.63, 3.8) is 0 Å². The minimum atomic E-state index is -0.140. The van der Waals surface area contributed by atoms with Gasteiger partial charge in [0.15, 0.2) is 11.6 Å². The maximum Gasteiger partial charge on any atom is 0.310 e. The lowest BCUT2D eigenvalue weighted by Crippen LogP contribution is -2.40. The van der Waals surface area contributed by atoms with Crippen molar-refractivity contribution >= 4 is 23.3 Å². The lowest BCUT2D eigenvalue weighted by molar-refractivity contribution is -0.148. The molecule has 9 heteroatoms. The van der Waals surface area contributed by atoms with E-state index in [1.165, 1.54) is 6.33 Å². The summed E-state index contributed by atoms with van der Waals surface area (Å²) in [4.78, 5) is 25.2. The van der Waals surface area contributed by atoms with Crippen molar-refractivity contribution in [2.75, 3.05) is 75.0 Å². The fourth-order valence-electron chi connectivity index (χ4n) is 3.56. The Bertz CT molecular complexity index is 623. The fourth-order valence-corrected chi connectivity index (χ4v) is 3.56. The first-order chi connectivity index (χ1) is 13.2. The van der Waals surface area contributed by atoms with Crippen LogP contribution in [0.1, 0.15) is 19.8 Å². The Kier molecular flexibility index (Phi) is 7.05. The molecule has 0 saturated carbocycles. The number of carbonyl (C=O) groups excluding carboxylic acids is 1. The van der Waals surface area contributed by atoms with Crippen molar-refractivity contribution in [3.8, 4) is 0 Å². The van der Waals surface area contributed by atoms with Gasteiger partial charge in [0.1, 0.15) is 12.0 Å². The van der Waals surface area contributed by atoms with Gasteiger partial charge in [-0.05, 0) is 19.8 Å². The highest BCUT2D eigenvalue weighted by Gasteiger charge is 2.29. The smallest absolute Gasteiger partial charge is 0.310 e. The van der Waals surface area contributed by atoms with Crippen LogP contribution >= 0.6 is 0 Å². The number of anilines is 3. The van der Waals surface area contributed by atoms with E-state index in [1.54, 1.807) is 0 Å². The van der Waals surface area contributed by atoms with Gasteiger partial charge in [-0.3, -0.25) is 9.69 Å². The molecule has 9 nitrogen and oxygen atoms in total. The standard InChI is InChI=1S/C18H30N6O3/c1-2-27-18(25)14-4-3-6-24(12-14)17-15(19)16(21-13-22-17)20-5-7-23-8-10-26-11-9-23/h13-14H,2-12,19H2,1H3,(H,20,21,22). The van der Waals surface area contributed by atoms with Crippen molar-refractivity contribution in [1.29, 1.82) is 0 Å². The van der Waals surface area contributed by atoms with E-state index < -0.39 is 0 Å². The van der Waals surface area contributed by atoms with E-state index in [-0.39, 0.29) is 11.9 Å². The Morgan fingerprint density at radius 2 is 2.19 bits per heavy atom. The second-order valence-electron chi connectivity index (χ2n) is 6.88. The topological polar surface area (TPSA) is 106 Å². The van der Waals surface area contributed by atoms with Gasteiger partial charge in [0.05, 0.1) is 25.7 Å². The molecule has 2 saturated heterocycles. The molecule has 1 unspecified atom stereocenters. The number of nitrogens with zero attached hydrogens (tertiary/aromatic N) is 4. The van der Waals surface area contributed by atoms with Crippen molar-refractivity contribution in [2.45, 2.75) is 19.8 Å². The zero-order valence-electron chi connectivity index (χ0n) is 16.0. The number of carbonyl (C=O) groups is 1. The summed E-state index contributed by atoms with van der Waals surface area (Å²) in [5, 5.41) is 3.32. The maximum absolute atomic E-state index is 12.1. The summed E-state index contributed by atoms with van der Waals surface area (Å²) < 4.78 is 10.5. The monoisotopic (exact) mass is 378 g/mol. The van der Waals surface area contributed by atoms with Crippen molar-refractivity contribution in [3.05, 3.63) is 6.33 Å². The van der Waals surface area contributed by atoms with E-state index in [9.17, 15) is 4.79 Å². The van der Waals surface area contributed by atoms with Crippen LogP contribution in [0, 0.1) is 5.92 Å². The van der Waals surface area contributed by atoms with E-state index in [2.05, 4.69) is 25.1 Å². The van der Waals surface area contributed by atoms with E-state index >= 15 is 0 Å². The number of esters is 1. The minimum absolute atomic E-state index is 0.134. The third kappa shape index (κ3) is 5.20. The summed E-state index contributed by atoms with van der Waals surface area (Å²) in [5.41, 5.74) is 6.87. The quantitative estimate of drug-likeness (QED) is 0.659. The Labute approximate surface area is 160 Å². The number of piperidine rings is 1. The van der Waals surface area contributed by atoms with Crippen molar-refractivity contribution < 1.29 is 14.3 Å². The molecule has 0 aliphatic carbocycles. The predicted molar refractivity (Wildman–Crippen MR) is 104 cm³/mol. The minimum Gasteiger partial charge on any atom is -0.466 e. The lowest BCUT2D eigenvalue weighted by atomic mass is 9.98. The largest absolute Gasteiger partial charge is 0.466 e. The molecule has 0 spiro atoms. The van der Waals surface area contributed by atoms with Gasteiger partial charge in [-0.1, -0.05) is 0 Å². The van der Waals surface area contributed by atoms with Crippen LogP contribution in [0.2, 0.25) is 0 Å². The number of nitrogens with two attached hydrogens (primary N) is 1. The van der Waals surface area contributed by atoms with Crippen LogP contribution in [0.4, 0.5) is 17.3 Å². The number of ether oxygens (including phenoxy) is 2. The third-order valence-corrected chi connectivity index (χ3v) is 5.03. The van der Waals surface area contributed by atoms with Gasteiger partial charge in [-0.2, -0.15) is 0 Å². The molecule has 0 amide bonds. The molecule has 1 aromatic rings. The predicted octanol–water partition coefficient (Wildman–Crippen LogP) is 0.582. The van der Waals surface area contributed by atoms with Crippen LogP contribution in [0.3, 0.4) is 0 Å². The summed E-state index contributed by atoms with van der Waals surface area (Å²) in [7, 11) is 0. The van der Waals surface area contributed by atoms with Crippen LogP contribution in [0.5, 0.6) is 0 Å². The second-order valence-corrected chi connectivity index (χ2v) is 6.88. The van der Waals surface area contributed by atoms with Gasteiger partial charge in [-0.25, -0.2) is 9.97 Å². The van der Waals surface area contributed by atoms with E-state index in [0.29, 0.717) is 30.5 Å². The first-order valence-electron chi connectivity index (χ1n) is 9.75. The Hall–Kier alpha value is -2.13. The van der Waals surface area contributed by atoms with Gasteiger partial charge in [0.25, 0.3) is 0 Å². The highest BCUT2D eigenvalue weighted by molar-refractivity contribution is 5.77. The summed E-state index contributed by atoms with van der Waals surface area (Å²) in [6.45, 7) is 8.79. The molecule has 0 bridgehead atoms. The normalized spacial score (nSPS) is 21.1. The van der Waals surface area contributed by atoms with E-state index in [0.717, 1.165) is 58.8 Å². The van der Waals surface area contributed by atoms with Gasteiger partial charge in [0, 0.05) is 39.3 Å². The molecule has 0 radical (unpaired) electrons. The first-order valence-corrected chi connectivity index (χ1v) is 9.75. The van der Waals surface area contributed by atoms with Crippen molar-refractivity contribution in [2.24, 2.45) is 5.92 Å². The number of nitrogens with one attached hydrogen (secondary N) is 1. The molecule has 2 aliphatic heterocycles. The van der Waals surface area contributed by atoms with Gasteiger partial charge in [-0.15, -0.1) is 0 Å². The number of rotatable bonds is 7. The Morgan fingerprint density at radius 3 is 2.96 bits per heavy atom. The van der Waals surface area contributed by atoms with Crippen LogP contribution in [0.15, 0.2) is 6.33 Å². The Morgan fingerprint density at radius 1 is 1.37 bits per heavy atom. The van der Waals surface area contributed by atoms with E-state index in [1.807, 2.05) is 6.92 Å². The second kappa shape index (κ2) is 9.70. The average Bonchev–Trinajstić information content (AvgIpc) is 2.70. The molecule has 2 aliphatic rings. The first kappa shape index (κ1) is 19.6. The zero-order chi connectivity index (χ0) is 19.1. The Balaban J connectivity index is 1.59. The van der Waals surface area contributed by atoms with Gasteiger partial charge in [0.2, 0.25) is 0 Å². The molecular formula is C18H30N6O3. The molecule has 3 rings (SSSR count). The highest BCUT2D eigenvalue weighted by Crippen LogP contribution is 2.30. The summed E-state index contributed by atoms with van der Waals surface area (Å²) in [6.07, 6.45) is 3.27. The summed E-state index contributed by atoms with van der Waals surface area (Å²) >= 11 is 0. The SMILES string of the molecule is CCOC(=O)C1CCCN(c2ncnc(NCCN3CCOCC3)c2N)C1. The highest BCUT2D eigenvalue weighted by atomic mass is 16.5. The van der Waals surface area contributed by atoms with Gasteiger partial charge < -0.3 is 25.4 Å².